The van der Waals surface area contributed by atoms with Crippen molar-refractivity contribution in [2.75, 3.05) is 23.8 Å². The Kier molecular flexibility index (Phi) is 6.81. The second-order valence-corrected chi connectivity index (χ2v) is 7.40. The number of hydrogen-bond acceptors (Lipinski definition) is 3. The maximum absolute atomic E-state index is 12.5. The van der Waals surface area contributed by atoms with E-state index in [-0.39, 0.29) is 12.5 Å². The number of rotatable bonds is 9. The summed E-state index contributed by atoms with van der Waals surface area (Å²) >= 11 is 0. The number of carbonyl (C=O) groups is 1. The third-order valence-electron chi connectivity index (χ3n) is 5.07. The lowest BCUT2D eigenvalue weighted by Crippen LogP contribution is -2.22. The van der Waals surface area contributed by atoms with Crippen molar-refractivity contribution < 1.29 is 9.53 Å². The molecule has 0 aliphatic heterocycles. The molecular formula is C27H26N2O2. The van der Waals surface area contributed by atoms with Crippen molar-refractivity contribution in [3.8, 4) is 5.75 Å². The second-order valence-electron chi connectivity index (χ2n) is 7.40. The lowest BCUT2D eigenvalue weighted by molar-refractivity contribution is -0.114. The molecule has 0 aliphatic carbocycles. The Morgan fingerprint density at radius 2 is 1.52 bits per heavy atom. The van der Waals surface area contributed by atoms with Crippen LogP contribution in [0.3, 0.4) is 0 Å². The van der Waals surface area contributed by atoms with Crippen molar-refractivity contribution >= 4 is 28.1 Å². The molecule has 0 aromatic heterocycles. The van der Waals surface area contributed by atoms with E-state index < -0.39 is 0 Å². The van der Waals surface area contributed by atoms with Crippen LogP contribution in [-0.2, 0) is 11.2 Å². The number of para-hydroxylation sites is 2. The molecule has 0 heterocycles. The number of amides is 1. The van der Waals surface area contributed by atoms with Gasteiger partial charge in [-0.3, -0.25) is 4.79 Å². The van der Waals surface area contributed by atoms with E-state index in [1.165, 1.54) is 10.9 Å². The molecule has 0 bridgehead atoms. The van der Waals surface area contributed by atoms with Crippen LogP contribution in [0.5, 0.6) is 5.75 Å². The van der Waals surface area contributed by atoms with Gasteiger partial charge in [-0.1, -0.05) is 72.8 Å². The smallest absolute Gasteiger partial charge is 0.243 e. The van der Waals surface area contributed by atoms with Gasteiger partial charge in [0.05, 0.1) is 18.8 Å². The summed E-state index contributed by atoms with van der Waals surface area (Å²) in [6.45, 7) is 0.776. The van der Waals surface area contributed by atoms with E-state index in [4.69, 9.17) is 4.74 Å². The molecule has 0 aliphatic rings. The summed E-state index contributed by atoms with van der Waals surface area (Å²) in [5.74, 6) is 0.572. The monoisotopic (exact) mass is 410 g/mol. The van der Waals surface area contributed by atoms with Gasteiger partial charge in [0.25, 0.3) is 0 Å². The summed E-state index contributed by atoms with van der Waals surface area (Å²) in [5.41, 5.74) is 2.90. The lowest BCUT2D eigenvalue weighted by Gasteiger charge is -2.13. The first-order valence-corrected chi connectivity index (χ1v) is 10.6. The predicted octanol–water partition coefficient (Wildman–Crippen LogP) is 5.90. The number of aryl methyl sites for hydroxylation is 1. The zero-order valence-corrected chi connectivity index (χ0v) is 17.4. The summed E-state index contributed by atoms with van der Waals surface area (Å²) in [6.07, 6.45) is 1.88. The van der Waals surface area contributed by atoms with Gasteiger partial charge in [-0.2, -0.15) is 0 Å². The largest absolute Gasteiger partial charge is 0.491 e. The van der Waals surface area contributed by atoms with Crippen molar-refractivity contribution in [2.24, 2.45) is 0 Å². The summed E-state index contributed by atoms with van der Waals surface area (Å²) in [7, 11) is 0. The lowest BCUT2D eigenvalue weighted by atomic mass is 10.1. The first-order valence-electron chi connectivity index (χ1n) is 10.6. The molecule has 4 aromatic rings. The highest BCUT2D eigenvalue weighted by atomic mass is 16.5. The van der Waals surface area contributed by atoms with Crippen LogP contribution >= 0.6 is 0 Å². The molecule has 4 heteroatoms. The van der Waals surface area contributed by atoms with Gasteiger partial charge >= 0.3 is 0 Å². The Morgan fingerprint density at radius 1 is 0.774 bits per heavy atom. The molecule has 0 radical (unpaired) electrons. The quantitative estimate of drug-likeness (QED) is 0.338. The van der Waals surface area contributed by atoms with Gasteiger partial charge in [0.1, 0.15) is 5.75 Å². The molecule has 4 aromatic carbocycles. The standard InChI is InChI=1S/C27H26N2O2/c30-27(20-28-24-17-16-22-12-4-5-13-23(22)19-24)29-25-14-6-7-15-26(25)31-18-8-11-21-9-2-1-3-10-21/h1-7,9-10,12-17,19,28H,8,11,18,20H2,(H,29,30). The van der Waals surface area contributed by atoms with E-state index >= 15 is 0 Å². The van der Waals surface area contributed by atoms with Crippen molar-refractivity contribution in [1.82, 2.24) is 0 Å². The van der Waals surface area contributed by atoms with Crippen LogP contribution in [0, 0.1) is 0 Å². The summed E-state index contributed by atoms with van der Waals surface area (Å²) in [6, 6.07) is 32.2. The maximum atomic E-state index is 12.5. The molecule has 0 spiro atoms. The van der Waals surface area contributed by atoms with Crippen molar-refractivity contribution in [2.45, 2.75) is 12.8 Å². The topological polar surface area (TPSA) is 50.4 Å². The van der Waals surface area contributed by atoms with Crippen molar-refractivity contribution in [3.05, 3.63) is 103 Å². The first-order chi connectivity index (χ1) is 15.3. The molecule has 4 rings (SSSR count). The fraction of sp³-hybridized carbons (Fsp3) is 0.148. The molecule has 156 valence electrons. The Morgan fingerprint density at radius 3 is 2.39 bits per heavy atom. The number of benzene rings is 4. The van der Waals surface area contributed by atoms with Gasteiger partial charge in [0, 0.05) is 5.69 Å². The van der Waals surface area contributed by atoms with Gasteiger partial charge < -0.3 is 15.4 Å². The van der Waals surface area contributed by atoms with Gasteiger partial charge in [-0.05, 0) is 53.4 Å². The number of fused-ring (bicyclic) bond motifs is 1. The zero-order chi connectivity index (χ0) is 21.3. The predicted molar refractivity (Wildman–Crippen MR) is 128 cm³/mol. The Labute approximate surface area is 182 Å². The van der Waals surface area contributed by atoms with E-state index in [2.05, 4.69) is 34.9 Å². The minimum atomic E-state index is -0.117. The van der Waals surface area contributed by atoms with Gasteiger partial charge in [0.2, 0.25) is 5.91 Å². The highest BCUT2D eigenvalue weighted by Gasteiger charge is 2.08. The average Bonchev–Trinajstić information content (AvgIpc) is 2.82. The van der Waals surface area contributed by atoms with Crippen LogP contribution in [-0.4, -0.2) is 19.1 Å². The Hall–Kier alpha value is -3.79. The van der Waals surface area contributed by atoms with Gasteiger partial charge in [-0.25, -0.2) is 0 Å². The minimum absolute atomic E-state index is 0.117. The average molecular weight is 411 g/mol. The van der Waals surface area contributed by atoms with Crippen LogP contribution in [0.1, 0.15) is 12.0 Å². The number of anilines is 2. The van der Waals surface area contributed by atoms with E-state index in [0.717, 1.165) is 23.9 Å². The van der Waals surface area contributed by atoms with E-state index in [1.807, 2.05) is 72.8 Å². The number of nitrogens with one attached hydrogen (secondary N) is 2. The molecule has 0 fully saturated rings. The number of carbonyl (C=O) groups excluding carboxylic acids is 1. The van der Waals surface area contributed by atoms with E-state index in [1.54, 1.807) is 0 Å². The SMILES string of the molecule is O=C(CNc1ccc2ccccc2c1)Nc1ccccc1OCCCc1ccccc1. The molecule has 0 atom stereocenters. The summed E-state index contributed by atoms with van der Waals surface area (Å²) in [4.78, 5) is 12.5. The second kappa shape index (κ2) is 10.3. The molecule has 4 nitrogen and oxygen atoms in total. The summed E-state index contributed by atoms with van der Waals surface area (Å²) < 4.78 is 5.94. The molecule has 31 heavy (non-hydrogen) atoms. The Bertz CT molecular complexity index is 1140. The Balaban J connectivity index is 1.28. The van der Waals surface area contributed by atoms with Crippen LogP contribution in [0.2, 0.25) is 0 Å². The molecular weight excluding hydrogens is 384 g/mol. The van der Waals surface area contributed by atoms with Crippen molar-refractivity contribution in [1.29, 1.82) is 0 Å². The van der Waals surface area contributed by atoms with Crippen LogP contribution < -0.4 is 15.4 Å². The fourth-order valence-corrected chi connectivity index (χ4v) is 3.47. The minimum Gasteiger partial charge on any atom is -0.491 e. The van der Waals surface area contributed by atoms with Gasteiger partial charge in [0.15, 0.2) is 0 Å². The molecule has 0 unspecified atom stereocenters. The third-order valence-corrected chi connectivity index (χ3v) is 5.07. The highest BCUT2D eigenvalue weighted by Crippen LogP contribution is 2.24. The first kappa shape index (κ1) is 20.5. The number of ether oxygens (including phenoxy) is 1. The fourth-order valence-electron chi connectivity index (χ4n) is 3.47. The van der Waals surface area contributed by atoms with E-state index in [9.17, 15) is 4.79 Å². The van der Waals surface area contributed by atoms with Crippen LogP contribution in [0.25, 0.3) is 10.8 Å². The zero-order valence-electron chi connectivity index (χ0n) is 17.4. The molecule has 0 saturated heterocycles. The third kappa shape index (κ3) is 5.86. The number of hydrogen-bond donors (Lipinski definition) is 2. The normalized spacial score (nSPS) is 10.6. The summed E-state index contributed by atoms with van der Waals surface area (Å²) in [5, 5.41) is 8.46. The molecule has 1 amide bonds. The van der Waals surface area contributed by atoms with Crippen LogP contribution in [0.4, 0.5) is 11.4 Å². The molecule has 2 N–H and O–H groups in total. The maximum Gasteiger partial charge on any atom is 0.243 e. The highest BCUT2D eigenvalue weighted by molar-refractivity contribution is 5.95. The van der Waals surface area contributed by atoms with Crippen LogP contribution in [0.15, 0.2) is 97.1 Å². The molecule has 0 saturated carbocycles. The van der Waals surface area contributed by atoms with Crippen molar-refractivity contribution in [3.63, 3.8) is 0 Å². The van der Waals surface area contributed by atoms with E-state index in [0.29, 0.717) is 18.0 Å². The van der Waals surface area contributed by atoms with Gasteiger partial charge in [-0.15, -0.1) is 0 Å².